The molecule has 1 atom stereocenters. The maximum atomic E-state index is 12.3. The van der Waals surface area contributed by atoms with Crippen molar-refractivity contribution < 1.29 is 19.2 Å². The van der Waals surface area contributed by atoms with Crippen LogP contribution in [0.5, 0.6) is 0 Å². The van der Waals surface area contributed by atoms with Crippen LogP contribution in [0.2, 0.25) is 5.02 Å². The first-order chi connectivity index (χ1) is 13.3. The van der Waals surface area contributed by atoms with Crippen molar-refractivity contribution in [3.05, 3.63) is 68.7 Å². The molecule has 148 valence electrons. The third kappa shape index (κ3) is 5.68. The van der Waals surface area contributed by atoms with Gasteiger partial charge in [0.15, 0.2) is 0 Å². The molecule has 0 aliphatic rings. The van der Waals surface area contributed by atoms with Gasteiger partial charge in [-0.25, -0.2) is 0 Å². The zero-order chi connectivity index (χ0) is 20.7. The molecule has 9 heteroatoms. The number of nitrogens with zero attached hydrogens (tertiary/aromatic N) is 1. The number of hydrogen-bond acceptors (Lipinski definition) is 6. The van der Waals surface area contributed by atoms with E-state index >= 15 is 0 Å². The topological polar surface area (TPSA) is 111 Å². The van der Waals surface area contributed by atoms with Gasteiger partial charge in [0, 0.05) is 29.2 Å². The van der Waals surface area contributed by atoms with Crippen LogP contribution >= 0.6 is 11.6 Å². The lowest BCUT2D eigenvalue weighted by Gasteiger charge is -2.13. The highest BCUT2D eigenvalue weighted by atomic mass is 35.5. The zero-order valence-corrected chi connectivity index (χ0v) is 16.2. The summed E-state index contributed by atoms with van der Waals surface area (Å²) in [6.45, 7) is 1.94. The van der Waals surface area contributed by atoms with Gasteiger partial charge in [-0.2, -0.15) is 0 Å². The van der Waals surface area contributed by atoms with E-state index in [-0.39, 0.29) is 23.4 Å². The number of methoxy groups -OCH3 is 1. The standard InChI is InChI=1S/C19H20ClN3O5/c1-12(9-18(24)28-2)22-19(25)13-7-8-16(17(10-13)23(26)27)21-11-14-5-3-4-6-15(14)20/h3-8,10,12,21H,9,11H2,1-2H3,(H,22,25). The van der Waals surface area contributed by atoms with E-state index in [0.717, 1.165) is 5.56 Å². The third-order valence-electron chi connectivity index (χ3n) is 3.96. The number of carbonyl (C=O) groups excluding carboxylic acids is 2. The highest BCUT2D eigenvalue weighted by Gasteiger charge is 2.19. The van der Waals surface area contributed by atoms with E-state index in [9.17, 15) is 19.7 Å². The van der Waals surface area contributed by atoms with Crippen molar-refractivity contribution >= 4 is 34.9 Å². The van der Waals surface area contributed by atoms with E-state index in [1.807, 2.05) is 12.1 Å². The molecule has 0 fully saturated rings. The van der Waals surface area contributed by atoms with Crippen LogP contribution in [0.1, 0.15) is 29.3 Å². The summed E-state index contributed by atoms with van der Waals surface area (Å²) < 4.78 is 4.55. The fraction of sp³-hybridized carbons (Fsp3) is 0.263. The molecule has 1 unspecified atom stereocenters. The van der Waals surface area contributed by atoms with Gasteiger partial charge in [-0.05, 0) is 30.7 Å². The van der Waals surface area contributed by atoms with Gasteiger partial charge in [0.1, 0.15) is 5.69 Å². The number of nitro benzene ring substituents is 1. The highest BCUT2D eigenvalue weighted by molar-refractivity contribution is 6.31. The van der Waals surface area contributed by atoms with Crippen LogP contribution in [0.4, 0.5) is 11.4 Å². The number of hydrogen-bond donors (Lipinski definition) is 2. The summed E-state index contributed by atoms with van der Waals surface area (Å²) in [6.07, 6.45) is 0.00179. The Hall–Kier alpha value is -3.13. The number of carbonyl (C=O) groups is 2. The van der Waals surface area contributed by atoms with Gasteiger partial charge in [-0.1, -0.05) is 29.8 Å². The van der Waals surface area contributed by atoms with Gasteiger partial charge < -0.3 is 15.4 Å². The van der Waals surface area contributed by atoms with Gasteiger partial charge in [-0.3, -0.25) is 19.7 Å². The van der Waals surface area contributed by atoms with E-state index in [4.69, 9.17) is 11.6 Å². The first-order valence-corrected chi connectivity index (χ1v) is 8.83. The van der Waals surface area contributed by atoms with Gasteiger partial charge in [0.05, 0.1) is 18.5 Å². The molecule has 0 aromatic heterocycles. The summed E-state index contributed by atoms with van der Waals surface area (Å²) in [4.78, 5) is 34.4. The lowest BCUT2D eigenvalue weighted by atomic mass is 10.1. The Labute approximate surface area is 167 Å². The first kappa shape index (κ1) is 21.2. The molecule has 8 nitrogen and oxygen atoms in total. The largest absolute Gasteiger partial charge is 0.469 e. The summed E-state index contributed by atoms with van der Waals surface area (Å²) in [5.41, 5.74) is 0.938. The van der Waals surface area contributed by atoms with Gasteiger partial charge in [0.25, 0.3) is 11.6 Å². The molecule has 0 heterocycles. The molecule has 0 bridgehead atoms. The minimum absolute atomic E-state index is 0.00179. The molecule has 0 radical (unpaired) electrons. The number of esters is 1. The van der Waals surface area contributed by atoms with Crippen molar-refractivity contribution in [2.24, 2.45) is 0 Å². The number of nitro groups is 1. The molecule has 2 aromatic rings. The zero-order valence-electron chi connectivity index (χ0n) is 15.4. The highest BCUT2D eigenvalue weighted by Crippen LogP contribution is 2.27. The molecular weight excluding hydrogens is 386 g/mol. The predicted molar refractivity (Wildman–Crippen MR) is 105 cm³/mol. The molecule has 1 amide bonds. The Morgan fingerprint density at radius 3 is 2.61 bits per heavy atom. The average molecular weight is 406 g/mol. The number of amides is 1. The van der Waals surface area contributed by atoms with Crippen LogP contribution in [0, 0.1) is 10.1 Å². The normalized spacial score (nSPS) is 11.4. The molecular formula is C19H20ClN3O5. The Balaban J connectivity index is 2.13. The Bertz CT molecular complexity index is 888. The van der Waals surface area contributed by atoms with Gasteiger partial charge in [-0.15, -0.1) is 0 Å². The number of anilines is 1. The molecule has 0 saturated carbocycles. The molecule has 2 N–H and O–H groups in total. The van der Waals surface area contributed by atoms with Crippen molar-refractivity contribution in [3.63, 3.8) is 0 Å². The molecule has 0 aliphatic heterocycles. The second kappa shape index (κ2) is 9.70. The molecule has 0 saturated heterocycles. The maximum absolute atomic E-state index is 12.3. The molecule has 0 aliphatic carbocycles. The van der Waals surface area contributed by atoms with Crippen LogP contribution in [0.3, 0.4) is 0 Å². The minimum atomic E-state index is -0.566. The molecule has 2 aromatic carbocycles. The van der Waals surface area contributed by atoms with Crippen LogP contribution in [-0.2, 0) is 16.1 Å². The molecule has 0 spiro atoms. The summed E-state index contributed by atoms with van der Waals surface area (Å²) in [5.74, 6) is -0.977. The minimum Gasteiger partial charge on any atom is -0.469 e. The summed E-state index contributed by atoms with van der Waals surface area (Å²) in [6, 6.07) is 10.8. The molecule has 2 rings (SSSR count). The van der Waals surface area contributed by atoms with E-state index in [1.54, 1.807) is 19.1 Å². The fourth-order valence-electron chi connectivity index (χ4n) is 2.50. The predicted octanol–water partition coefficient (Wildman–Crippen LogP) is 3.54. The average Bonchev–Trinajstić information content (AvgIpc) is 2.66. The maximum Gasteiger partial charge on any atom is 0.307 e. The number of ether oxygens (including phenoxy) is 1. The van der Waals surface area contributed by atoms with Crippen molar-refractivity contribution in [2.45, 2.75) is 25.9 Å². The van der Waals surface area contributed by atoms with E-state index in [2.05, 4.69) is 15.4 Å². The number of halogens is 1. The molecule has 28 heavy (non-hydrogen) atoms. The summed E-state index contributed by atoms with van der Waals surface area (Å²) >= 11 is 6.09. The first-order valence-electron chi connectivity index (χ1n) is 8.45. The van der Waals surface area contributed by atoms with E-state index in [0.29, 0.717) is 11.6 Å². The Morgan fingerprint density at radius 1 is 1.25 bits per heavy atom. The number of benzene rings is 2. The van der Waals surface area contributed by atoms with Crippen molar-refractivity contribution in [2.75, 3.05) is 12.4 Å². The van der Waals surface area contributed by atoms with Crippen molar-refractivity contribution in [1.29, 1.82) is 0 Å². The van der Waals surface area contributed by atoms with Crippen molar-refractivity contribution in [1.82, 2.24) is 5.32 Å². The monoisotopic (exact) mass is 405 g/mol. The van der Waals surface area contributed by atoms with E-state index in [1.165, 1.54) is 25.3 Å². The Morgan fingerprint density at radius 2 is 1.96 bits per heavy atom. The van der Waals surface area contributed by atoms with Gasteiger partial charge >= 0.3 is 5.97 Å². The quantitative estimate of drug-likeness (QED) is 0.395. The lowest BCUT2D eigenvalue weighted by molar-refractivity contribution is -0.384. The smallest absolute Gasteiger partial charge is 0.307 e. The third-order valence-corrected chi connectivity index (χ3v) is 4.33. The summed E-state index contributed by atoms with van der Waals surface area (Å²) in [5, 5.41) is 17.6. The lowest BCUT2D eigenvalue weighted by Crippen LogP contribution is -2.34. The van der Waals surface area contributed by atoms with Crippen LogP contribution < -0.4 is 10.6 Å². The Kier molecular flexibility index (Phi) is 7.34. The number of rotatable bonds is 8. The van der Waals surface area contributed by atoms with Crippen LogP contribution in [0.25, 0.3) is 0 Å². The SMILES string of the molecule is COC(=O)CC(C)NC(=O)c1ccc(NCc2ccccc2Cl)c([N+](=O)[O-])c1. The van der Waals surface area contributed by atoms with E-state index < -0.39 is 22.8 Å². The number of nitrogens with one attached hydrogen (secondary N) is 2. The second-order valence-corrected chi connectivity index (χ2v) is 6.50. The fourth-order valence-corrected chi connectivity index (χ4v) is 2.70. The van der Waals surface area contributed by atoms with Crippen LogP contribution in [-0.4, -0.2) is 30.0 Å². The summed E-state index contributed by atoms with van der Waals surface area (Å²) in [7, 11) is 1.26. The van der Waals surface area contributed by atoms with Crippen molar-refractivity contribution in [3.8, 4) is 0 Å². The van der Waals surface area contributed by atoms with Crippen LogP contribution in [0.15, 0.2) is 42.5 Å². The second-order valence-electron chi connectivity index (χ2n) is 6.09. The van der Waals surface area contributed by atoms with Gasteiger partial charge in [0.2, 0.25) is 0 Å².